The van der Waals surface area contributed by atoms with Gasteiger partial charge in [0, 0.05) is 12.5 Å². The fourth-order valence-electron chi connectivity index (χ4n) is 2.83. The Bertz CT molecular complexity index is 326. The first-order valence-corrected chi connectivity index (χ1v) is 6.31. The average Bonchev–Trinajstić information content (AvgIpc) is 2.73. The number of nitrogens with zero attached hydrogens (tertiary/aromatic N) is 1. The van der Waals surface area contributed by atoms with Crippen molar-refractivity contribution in [2.75, 3.05) is 19.6 Å². The van der Waals surface area contributed by atoms with Crippen molar-refractivity contribution in [3.8, 4) is 0 Å². The number of hydrogen-bond donors (Lipinski definition) is 2. The lowest BCUT2D eigenvalue weighted by molar-refractivity contribution is -0.157. The Kier molecular flexibility index (Phi) is 3.38. The van der Waals surface area contributed by atoms with Gasteiger partial charge in [-0.05, 0) is 45.7 Å². The quantitative estimate of drug-likeness (QED) is 0.735. The number of carboxylic acids is 1. The van der Waals surface area contributed by atoms with Gasteiger partial charge in [-0.25, -0.2) is 4.79 Å². The van der Waals surface area contributed by atoms with E-state index < -0.39 is 11.5 Å². The molecule has 0 aliphatic carbocycles. The van der Waals surface area contributed by atoms with Crippen molar-refractivity contribution in [1.29, 1.82) is 0 Å². The van der Waals surface area contributed by atoms with E-state index in [-0.39, 0.29) is 11.8 Å². The maximum absolute atomic E-state index is 12.4. The highest BCUT2D eigenvalue weighted by atomic mass is 16.4. The van der Waals surface area contributed by atoms with E-state index in [1.807, 2.05) is 0 Å². The van der Waals surface area contributed by atoms with Crippen molar-refractivity contribution in [3.63, 3.8) is 0 Å². The van der Waals surface area contributed by atoms with Crippen LogP contribution in [0.4, 0.5) is 0 Å². The molecule has 5 heteroatoms. The molecule has 1 amide bonds. The highest BCUT2D eigenvalue weighted by Gasteiger charge is 2.47. The van der Waals surface area contributed by atoms with Gasteiger partial charge in [-0.1, -0.05) is 0 Å². The van der Waals surface area contributed by atoms with Gasteiger partial charge < -0.3 is 15.3 Å². The standard InChI is InChI=1S/C12H20N2O3/c1-12(11(16)17)5-2-8-14(12)10(15)9-3-6-13-7-4-9/h9,13H,2-8H2,1H3,(H,16,17). The molecule has 0 aromatic carbocycles. The van der Waals surface area contributed by atoms with Gasteiger partial charge in [0.1, 0.15) is 5.54 Å². The Hall–Kier alpha value is -1.10. The number of amides is 1. The Morgan fingerprint density at radius 3 is 2.59 bits per heavy atom. The van der Waals surface area contributed by atoms with Crippen molar-refractivity contribution in [3.05, 3.63) is 0 Å². The second-order valence-corrected chi connectivity index (χ2v) is 5.20. The Labute approximate surface area is 101 Å². The predicted octanol–water partition coefficient (Wildman–Crippen LogP) is 0.452. The highest BCUT2D eigenvalue weighted by molar-refractivity contribution is 5.88. The van der Waals surface area contributed by atoms with E-state index >= 15 is 0 Å². The van der Waals surface area contributed by atoms with Gasteiger partial charge in [-0.15, -0.1) is 0 Å². The van der Waals surface area contributed by atoms with E-state index in [0.29, 0.717) is 13.0 Å². The molecule has 2 aliphatic rings. The predicted molar refractivity (Wildman–Crippen MR) is 62.6 cm³/mol. The minimum absolute atomic E-state index is 0.00743. The molecule has 5 nitrogen and oxygen atoms in total. The maximum atomic E-state index is 12.4. The molecule has 17 heavy (non-hydrogen) atoms. The normalized spacial score (nSPS) is 30.5. The molecule has 0 spiro atoms. The van der Waals surface area contributed by atoms with Crippen molar-refractivity contribution < 1.29 is 14.7 Å². The summed E-state index contributed by atoms with van der Waals surface area (Å²) >= 11 is 0. The highest BCUT2D eigenvalue weighted by Crippen LogP contribution is 2.32. The van der Waals surface area contributed by atoms with Gasteiger partial charge in [0.15, 0.2) is 0 Å². The van der Waals surface area contributed by atoms with E-state index in [0.717, 1.165) is 32.4 Å². The Balaban J connectivity index is 2.10. The zero-order chi connectivity index (χ0) is 12.5. The minimum atomic E-state index is -0.984. The second kappa shape index (κ2) is 4.64. The summed E-state index contributed by atoms with van der Waals surface area (Å²) in [7, 11) is 0. The first-order chi connectivity index (χ1) is 8.05. The summed E-state index contributed by atoms with van der Waals surface area (Å²) in [5.74, 6) is -0.834. The minimum Gasteiger partial charge on any atom is -0.480 e. The molecule has 1 atom stereocenters. The van der Waals surface area contributed by atoms with Crippen LogP contribution in [0.1, 0.15) is 32.6 Å². The van der Waals surface area contributed by atoms with Gasteiger partial charge in [0.05, 0.1) is 0 Å². The van der Waals surface area contributed by atoms with E-state index in [1.54, 1.807) is 11.8 Å². The lowest BCUT2D eigenvalue weighted by Crippen LogP contribution is -2.53. The summed E-state index contributed by atoms with van der Waals surface area (Å²) in [6, 6.07) is 0. The molecule has 0 radical (unpaired) electrons. The lowest BCUT2D eigenvalue weighted by Gasteiger charge is -2.35. The van der Waals surface area contributed by atoms with Crippen LogP contribution < -0.4 is 5.32 Å². The summed E-state index contributed by atoms with van der Waals surface area (Å²) in [5.41, 5.74) is -0.984. The number of nitrogens with one attached hydrogen (secondary N) is 1. The van der Waals surface area contributed by atoms with Gasteiger partial charge in [0.25, 0.3) is 0 Å². The van der Waals surface area contributed by atoms with E-state index in [9.17, 15) is 14.7 Å². The third-order valence-electron chi connectivity index (χ3n) is 4.06. The number of piperidine rings is 1. The van der Waals surface area contributed by atoms with Crippen LogP contribution in [0.15, 0.2) is 0 Å². The molecule has 0 aromatic heterocycles. The molecule has 2 heterocycles. The summed E-state index contributed by atoms with van der Waals surface area (Å²) in [6.45, 7) is 3.97. The number of carbonyl (C=O) groups excluding carboxylic acids is 1. The largest absolute Gasteiger partial charge is 0.480 e. The van der Waals surface area contributed by atoms with Crippen LogP contribution in [0.25, 0.3) is 0 Å². The van der Waals surface area contributed by atoms with Crippen LogP contribution in [0.5, 0.6) is 0 Å². The number of aliphatic carboxylic acids is 1. The topological polar surface area (TPSA) is 69.6 Å². The zero-order valence-electron chi connectivity index (χ0n) is 10.2. The molecule has 2 fully saturated rings. The molecule has 0 saturated carbocycles. The Morgan fingerprint density at radius 2 is 2.00 bits per heavy atom. The van der Waals surface area contributed by atoms with E-state index in [1.165, 1.54) is 0 Å². The monoisotopic (exact) mass is 240 g/mol. The van der Waals surface area contributed by atoms with Crippen LogP contribution in [0.2, 0.25) is 0 Å². The molecule has 2 aliphatic heterocycles. The molecule has 2 rings (SSSR count). The van der Waals surface area contributed by atoms with Crippen LogP contribution in [0.3, 0.4) is 0 Å². The third-order valence-corrected chi connectivity index (χ3v) is 4.06. The second-order valence-electron chi connectivity index (χ2n) is 5.20. The fraction of sp³-hybridized carbons (Fsp3) is 0.833. The zero-order valence-corrected chi connectivity index (χ0v) is 10.2. The molecule has 96 valence electrons. The van der Waals surface area contributed by atoms with Crippen molar-refractivity contribution >= 4 is 11.9 Å². The number of rotatable bonds is 2. The SMILES string of the molecule is CC1(C(=O)O)CCCN1C(=O)C1CCNCC1. The third kappa shape index (κ3) is 2.16. The molecule has 0 aromatic rings. The van der Waals surface area contributed by atoms with Gasteiger partial charge in [0.2, 0.25) is 5.91 Å². The van der Waals surface area contributed by atoms with Crippen LogP contribution >= 0.6 is 0 Å². The number of carboxylic acid groups (broad SMARTS) is 1. The summed E-state index contributed by atoms with van der Waals surface area (Å²) < 4.78 is 0. The van der Waals surface area contributed by atoms with Gasteiger partial charge in [-0.3, -0.25) is 4.79 Å². The summed E-state index contributed by atoms with van der Waals surface area (Å²) in [4.78, 5) is 25.3. The fourth-order valence-corrected chi connectivity index (χ4v) is 2.83. The van der Waals surface area contributed by atoms with Crippen LogP contribution in [0, 0.1) is 5.92 Å². The van der Waals surface area contributed by atoms with Crippen LogP contribution in [-0.4, -0.2) is 47.1 Å². The average molecular weight is 240 g/mol. The molecule has 2 saturated heterocycles. The Morgan fingerprint density at radius 1 is 1.35 bits per heavy atom. The smallest absolute Gasteiger partial charge is 0.329 e. The van der Waals surface area contributed by atoms with Crippen molar-refractivity contribution in [2.24, 2.45) is 5.92 Å². The molecule has 2 N–H and O–H groups in total. The van der Waals surface area contributed by atoms with E-state index in [2.05, 4.69) is 5.32 Å². The van der Waals surface area contributed by atoms with Gasteiger partial charge in [-0.2, -0.15) is 0 Å². The number of hydrogen-bond acceptors (Lipinski definition) is 3. The molecule has 1 unspecified atom stereocenters. The number of likely N-dealkylation sites (tertiary alicyclic amines) is 1. The summed E-state index contributed by atoms with van der Waals surface area (Å²) in [5, 5.41) is 12.5. The summed E-state index contributed by atoms with van der Waals surface area (Å²) in [6.07, 6.45) is 3.01. The molecular weight excluding hydrogens is 220 g/mol. The van der Waals surface area contributed by atoms with Crippen LogP contribution in [-0.2, 0) is 9.59 Å². The first-order valence-electron chi connectivity index (χ1n) is 6.31. The maximum Gasteiger partial charge on any atom is 0.329 e. The van der Waals surface area contributed by atoms with E-state index in [4.69, 9.17) is 0 Å². The molecular formula is C12H20N2O3. The van der Waals surface area contributed by atoms with Crippen molar-refractivity contribution in [1.82, 2.24) is 10.2 Å². The van der Waals surface area contributed by atoms with Gasteiger partial charge >= 0.3 is 5.97 Å². The lowest BCUT2D eigenvalue weighted by atomic mass is 9.93. The van der Waals surface area contributed by atoms with Crippen molar-refractivity contribution in [2.45, 2.75) is 38.1 Å². The number of carbonyl (C=O) groups is 2. The molecule has 0 bridgehead atoms. The first kappa shape index (κ1) is 12.4.